The van der Waals surface area contributed by atoms with Crippen molar-refractivity contribution in [2.24, 2.45) is 0 Å². The largest absolute Gasteiger partial charge is 0.490 e. The Morgan fingerprint density at radius 2 is 1.51 bits per heavy atom. The van der Waals surface area contributed by atoms with E-state index in [1.54, 1.807) is 18.2 Å². The van der Waals surface area contributed by atoms with Crippen LogP contribution in [0, 0.1) is 17.1 Å². The number of aliphatic carboxylic acids is 2. The Labute approximate surface area is 273 Å². The van der Waals surface area contributed by atoms with E-state index >= 15 is 4.39 Å². The van der Waals surface area contributed by atoms with Crippen molar-refractivity contribution >= 4 is 69.2 Å². The molecule has 20 heteroatoms. The first-order valence-corrected chi connectivity index (χ1v) is 13.1. The number of rotatable bonds is 5. The van der Waals surface area contributed by atoms with Crippen molar-refractivity contribution in [2.75, 3.05) is 5.73 Å². The molecule has 3 aromatic carbocycles. The zero-order valence-corrected chi connectivity index (χ0v) is 24.9. The number of nitriles is 1. The van der Waals surface area contributed by atoms with Crippen molar-refractivity contribution in [3.63, 3.8) is 0 Å². The van der Waals surface area contributed by atoms with Gasteiger partial charge in [0.05, 0.1) is 21.7 Å². The predicted octanol–water partition coefficient (Wildman–Crippen LogP) is 7.71. The number of nitrogen functional groups attached to an aromatic ring is 1. The highest BCUT2D eigenvalue weighted by Gasteiger charge is 2.38. The second kappa shape index (κ2) is 15.6. The molecule has 4 rings (SSSR count). The number of amides is 1. The van der Waals surface area contributed by atoms with Crippen LogP contribution in [-0.2, 0) is 16.1 Å². The van der Waals surface area contributed by atoms with E-state index in [9.17, 15) is 31.1 Å². The molecule has 0 saturated heterocycles. The van der Waals surface area contributed by atoms with Gasteiger partial charge < -0.3 is 31.0 Å². The third kappa shape index (κ3) is 10.8. The van der Waals surface area contributed by atoms with Crippen LogP contribution in [0.15, 0.2) is 48.5 Å². The molecule has 0 aliphatic rings. The fourth-order valence-corrected chi connectivity index (χ4v) is 3.90. The summed E-state index contributed by atoms with van der Waals surface area (Å²) in [6.07, 6.45) is -10.2. The molecule has 1 aromatic heterocycles. The molecule has 0 atom stereocenters. The first-order chi connectivity index (χ1) is 21.6. The Morgan fingerprint density at radius 3 is 2.04 bits per heavy atom. The second-order valence-corrected chi connectivity index (χ2v) is 9.87. The highest BCUT2D eigenvalue weighted by molar-refractivity contribution is 6.38. The minimum atomic E-state index is -5.08. The lowest BCUT2D eigenvalue weighted by atomic mass is 10.2. The van der Waals surface area contributed by atoms with Crippen LogP contribution in [0.1, 0.15) is 21.6 Å². The van der Waals surface area contributed by atoms with Crippen molar-refractivity contribution in [2.45, 2.75) is 18.9 Å². The van der Waals surface area contributed by atoms with Crippen LogP contribution in [0.25, 0.3) is 10.9 Å². The number of ether oxygens (including phenoxy) is 1. The zero-order valence-electron chi connectivity index (χ0n) is 22.7. The number of aromatic nitrogens is 1. The maximum absolute atomic E-state index is 15.1. The Kier molecular flexibility index (Phi) is 12.7. The number of carbonyl (C=O) groups is 3. The van der Waals surface area contributed by atoms with Gasteiger partial charge in [0.25, 0.3) is 5.91 Å². The zero-order chi connectivity index (χ0) is 35.9. The first kappa shape index (κ1) is 38.3. The Morgan fingerprint density at radius 1 is 0.936 bits per heavy atom. The number of halogens is 10. The van der Waals surface area contributed by atoms with E-state index < -0.39 is 36.0 Å². The number of nitrogens with zero attached hydrogens (tertiary/aromatic N) is 1. The van der Waals surface area contributed by atoms with Crippen molar-refractivity contribution in [1.29, 1.82) is 5.26 Å². The van der Waals surface area contributed by atoms with E-state index in [-0.39, 0.29) is 49.9 Å². The molecule has 10 nitrogen and oxygen atoms in total. The molecule has 0 saturated carbocycles. The number of aromatic amines is 1. The Hall–Kier alpha value is -4.92. The number of carbonyl (C=O) groups excluding carboxylic acids is 1. The Bertz CT molecular complexity index is 1830. The molecule has 47 heavy (non-hydrogen) atoms. The van der Waals surface area contributed by atoms with Crippen LogP contribution in [-0.4, -0.2) is 45.4 Å². The number of alkyl halides is 6. The van der Waals surface area contributed by atoms with E-state index in [0.717, 1.165) is 0 Å². The number of benzene rings is 3. The summed E-state index contributed by atoms with van der Waals surface area (Å²) in [7, 11) is 0. The number of nitrogens with two attached hydrogens (primary N) is 1. The minimum Gasteiger partial charge on any atom is -0.475 e. The number of H-pyrrole nitrogens is 1. The van der Waals surface area contributed by atoms with Gasteiger partial charge in [-0.25, -0.2) is 14.0 Å². The van der Waals surface area contributed by atoms with Gasteiger partial charge in [0.1, 0.15) is 11.4 Å². The van der Waals surface area contributed by atoms with Gasteiger partial charge in [-0.15, -0.1) is 0 Å². The number of carboxylic acid groups (broad SMARTS) is 2. The highest BCUT2D eigenvalue weighted by atomic mass is 35.5. The lowest BCUT2D eigenvalue weighted by Crippen LogP contribution is -2.24. The molecule has 4 aromatic rings. The molecule has 1 amide bonds. The van der Waals surface area contributed by atoms with Gasteiger partial charge in [0.15, 0.2) is 11.6 Å². The number of hydrogen-bond acceptors (Lipinski definition) is 6. The fraction of sp³-hybridized carbons (Fsp3) is 0.111. The molecule has 0 bridgehead atoms. The molecule has 0 unspecified atom stereocenters. The molecule has 0 aliphatic carbocycles. The van der Waals surface area contributed by atoms with Crippen LogP contribution < -0.4 is 15.8 Å². The van der Waals surface area contributed by atoms with Crippen molar-refractivity contribution in [3.8, 4) is 17.6 Å². The predicted molar refractivity (Wildman–Crippen MR) is 154 cm³/mol. The number of fused-ring (bicyclic) bond motifs is 1. The third-order valence-electron chi connectivity index (χ3n) is 5.26. The summed E-state index contributed by atoms with van der Waals surface area (Å²) in [5, 5.41) is 27.0. The van der Waals surface area contributed by atoms with Crippen molar-refractivity contribution in [3.05, 3.63) is 86.2 Å². The summed E-state index contributed by atoms with van der Waals surface area (Å²) in [5.41, 5.74) is 7.43. The van der Waals surface area contributed by atoms with Crippen molar-refractivity contribution in [1.82, 2.24) is 10.3 Å². The van der Waals surface area contributed by atoms with Crippen LogP contribution in [0.2, 0.25) is 15.1 Å². The van der Waals surface area contributed by atoms with E-state index in [1.807, 2.05) is 6.07 Å². The van der Waals surface area contributed by atoms with Crippen LogP contribution in [0.4, 0.5) is 36.4 Å². The number of carboxylic acids is 2. The van der Waals surface area contributed by atoms with Gasteiger partial charge in [0, 0.05) is 33.7 Å². The number of anilines is 1. The second-order valence-electron chi connectivity index (χ2n) is 8.65. The summed E-state index contributed by atoms with van der Waals surface area (Å²) < 4.78 is 84.2. The summed E-state index contributed by atoms with van der Waals surface area (Å²) in [5.74, 6) is -6.92. The molecule has 0 aliphatic heterocycles. The quantitative estimate of drug-likeness (QED) is 0.102. The molecular formula is C27H16Cl3F7N4O6. The summed E-state index contributed by atoms with van der Waals surface area (Å²) in [6, 6.07) is 14.1. The normalized spacial score (nSPS) is 10.9. The first-order valence-electron chi connectivity index (χ1n) is 12.0. The molecule has 0 radical (unpaired) electrons. The molecular weight excluding hydrogens is 716 g/mol. The lowest BCUT2D eigenvalue weighted by molar-refractivity contribution is -0.193. The molecule has 1 heterocycles. The van der Waals surface area contributed by atoms with Crippen LogP contribution in [0.3, 0.4) is 0 Å². The van der Waals surface area contributed by atoms with Crippen LogP contribution >= 0.6 is 34.8 Å². The van der Waals surface area contributed by atoms with Crippen LogP contribution in [0.5, 0.6) is 11.5 Å². The van der Waals surface area contributed by atoms with Gasteiger partial charge in [0.2, 0.25) is 0 Å². The topological polar surface area (TPSA) is 179 Å². The van der Waals surface area contributed by atoms with Crippen molar-refractivity contribution < 1.29 is 60.1 Å². The molecule has 6 N–H and O–H groups in total. The van der Waals surface area contributed by atoms with E-state index in [1.165, 1.54) is 30.3 Å². The van der Waals surface area contributed by atoms with E-state index in [2.05, 4.69) is 10.3 Å². The van der Waals surface area contributed by atoms with Gasteiger partial charge in [-0.1, -0.05) is 40.9 Å². The van der Waals surface area contributed by atoms with Gasteiger partial charge in [-0.2, -0.15) is 31.6 Å². The molecule has 0 spiro atoms. The maximum atomic E-state index is 15.1. The SMILES string of the molecule is N#Cc1cc(Cl)cc(Oc2c(Cl)ccc(CNC(=O)c3[nH]c4ccc(N)cc4c3Cl)c2F)c1.O=C(O)C(F)(F)F.O=C(O)C(F)(F)F. The monoisotopic (exact) mass is 730 g/mol. The fourth-order valence-electron chi connectivity index (χ4n) is 3.20. The lowest BCUT2D eigenvalue weighted by Gasteiger charge is -2.13. The summed E-state index contributed by atoms with van der Waals surface area (Å²) in [4.78, 5) is 33.4. The summed E-state index contributed by atoms with van der Waals surface area (Å²) >= 11 is 18.4. The summed E-state index contributed by atoms with van der Waals surface area (Å²) in [6.45, 7) is -0.162. The molecule has 250 valence electrons. The standard InChI is InChI=1S/C23H14Cl3FN4O2.2C2HF3O2/c24-13-5-11(9-28)6-15(7-13)33-22-17(25)3-1-12(20(22)27)10-30-23(32)21-19(26)16-8-14(29)2-4-18(16)31-21;2*3-2(4,5)1(6)7/h1-8,31H,10,29H2,(H,30,32);2*(H,6,7). The Balaban J connectivity index is 0.000000459. The smallest absolute Gasteiger partial charge is 0.475 e. The average molecular weight is 732 g/mol. The number of hydrogen-bond donors (Lipinski definition) is 5. The third-order valence-corrected chi connectivity index (χ3v) is 6.17. The maximum Gasteiger partial charge on any atom is 0.490 e. The number of nitrogens with one attached hydrogen (secondary N) is 2. The van der Waals surface area contributed by atoms with Gasteiger partial charge in [-0.05, 0) is 42.5 Å². The van der Waals surface area contributed by atoms with Gasteiger partial charge >= 0.3 is 24.3 Å². The molecule has 0 fully saturated rings. The van der Waals surface area contributed by atoms with E-state index in [0.29, 0.717) is 16.6 Å². The highest BCUT2D eigenvalue weighted by Crippen LogP contribution is 2.35. The average Bonchev–Trinajstić information content (AvgIpc) is 3.29. The van der Waals surface area contributed by atoms with Gasteiger partial charge in [-0.3, -0.25) is 4.79 Å². The van der Waals surface area contributed by atoms with E-state index in [4.69, 9.17) is 70.3 Å². The minimum absolute atomic E-state index is 0.0114.